The Morgan fingerprint density at radius 1 is 1.19 bits per heavy atom. The van der Waals surface area contributed by atoms with Crippen molar-refractivity contribution in [1.82, 2.24) is 20.1 Å². The van der Waals surface area contributed by atoms with Crippen molar-refractivity contribution in [3.05, 3.63) is 54.4 Å². The van der Waals surface area contributed by atoms with Gasteiger partial charge in [-0.15, -0.1) is 0 Å². The minimum Gasteiger partial charge on any atom is -0.312 e. The molecule has 3 rings (SSSR count). The topological polar surface area (TPSA) is 42.7 Å². The lowest BCUT2D eigenvalue weighted by atomic mass is 10.0. The quantitative estimate of drug-likeness (QED) is 0.735. The molecule has 0 bridgehead atoms. The normalized spacial score (nSPS) is 12.7. The molecule has 0 spiro atoms. The third kappa shape index (κ3) is 3.09. The molecule has 0 fully saturated rings. The van der Waals surface area contributed by atoms with E-state index in [-0.39, 0.29) is 6.04 Å². The van der Waals surface area contributed by atoms with E-state index < -0.39 is 0 Å². The van der Waals surface area contributed by atoms with Gasteiger partial charge in [0.05, 0.1) is 0 Å². The number of hydrogen-bond donors (Lipinski definition) is 1. The predicted octanol–water partition coefficient (Wildman–Crippen LogP) is 3.02. The number of rotatable bonds is 5. The van der Waals surface area contributed by atoms with Gasteiger partial charge in [-0.25, -0.2) is 9.67 Å². The largest absolute Gasteiger partial charge is 0.312 e. The van der Waals surface area contributed by atoms with Crippen molar-refractivity contribution in [2.45, 2.75) is 11.2 Å². The molecule has 5 heteroatoms. The SMILES string of the molecule is CNC(CSc1ncnn1C)c1ccc2ccccc2c1. The standard InChI is InChI=1S/C16H18N4S/c1-17-15(10-21-16-18-11-19-20(16)2)14-8-7-12-5-3-4-6-13(12)9-14/h3-9,11,15,17H,10H2,1-2H3. The molecule has 3 aromatic rings. The minimum atomic E-state index is 0.288. The highest BCUT2D eigenvalue weighted by atomic mass is 32.2. The third-order valence-electron chi connectivity index (χ3n) is 3.57. The Hall–Kier alpha value is -1.85. The smallest absolute Gasteiger partial charge is 0.185 e. The van der Waals surface area contributed by atoms with E-state index in [9.17, 15) is 0 Å². The lowest BCUT2D eigenvalue weighted by Gasteiger charge is -2.16. The van der Waals surface area contributed by atoms with Crippen molar-refractivity contribution >= 4 is 22.5 Å². The highest BCUT2D eigenvalue weighted by molar-refractivity contribution is 7.99. The number of thioether (sulfide) groups is 1. The number of nitrogens with zero attached hydrogens (tertiary/aromatic N) is 3. The molecule has 2 aromatic carbocycles. The van der Waals surface area contributed by atoms with Gasteiger partial charge >= 0.3 is 0 Å². The van der Waals surface area contributed by atoms with E-state index in [1.807, 2.05) is 14.1 Å². The highest BCUT2D eigenvalue weighted by Crippen LogP contribution is 2.25. The van der Waals surface area contributed by atoms with Gasteiger partial charge in [0.1, 0.15) is 6.33 Å². The fourth-order valence-electron chi connectivity index (χ4n) is 2.34. The highest BCUT2D eigenvalue weighted by Gasteiger charge is 2.12. The van der Waals surface area contributed by atoms with Crippen LogP contribution in [0.3, 0.4) is 0 Å². The summed E-state index contributed by atoms with van der Waals surface area (Å²) in [5, 5.41) is 11.0. The molecular formula is C16H18N4S. The van der Waals surface area contributed by atoms with E-state index in [4.69, 9.17) is 0 Å². The molecule has 0 aliphatic rings. The fraction of sp³-hybridized carbons (Fsp3) is 0.250. The van der Waals surface area contributed by atoms with Crippen LogP contribution in [0.1, 0.15) is 11.6 Å². The number of fused-ring (bicyclic) bond motifs is 1. The maximum atomic E-state index is 4.25. The van der Waals surface area contributed by atoms with Crippen molar-refractivity contribution < 1.29 is 0 Å². The van der Waals surface area contributed by atoms with Crippen LogP contribution in [-0.2, 0) is 7.05 Å². The molecule has 0 saturated heterocycles. The summed E-state index contributed by atoms with van der Waals surface area (Å²) in [6, 6.07) is 15.4. The van der Waals surface area contributed by atoms with Gasteiger partial charge in [0.15, 0.2) is 5.16 Å². The molecule has 0 saturated carbocycles. The van der Waals surface area contributed by atoms with Crippen molar-refractivity contribution in [1.29, 1.82) is 0 Å². The first-order valence-electron chi connectivity index (χ1n) is 6.90. The second-order valence-corrected chi connectivity index (χ2v) is 5.91. The molecule has 0 aliphatic carbocycles. The third-order valence-corrected chi connectivity index (χ3v) is 4.70. The Morgan fingerprint density at radius 3 is 2.71 bits per heavy atom. The lowest BCUT2D eigenvalue weighted by molar-refractivity contribution is 0.654. The van der Waals surface area contributed by atoms with Gasteiger partial charge in [0.2, 0.25) is 0 Å². The summed E-state index contributed by atoms with van der Waals surface area (Å²) < 4.78 is 1.80. The van der Waals surface area contributed by atoms with Gasteiger partial charge in [-0.2, -0.15) is 5.10 Å². The van der Waals surface area contributed by atoms with Crippen LogP contribution in [0.4, 0.5) is 0 Å². The molecule has 1 heterocycles. The van der Waals surface area contributed by atoms with Crippen LogP contribution in [0.25, 0.3) is 10.8 Å². The molecule has 1 N–H and O–H groups in total. The zero-order valence-electron chi connectivity index (χ0n) is 12.2. The van der Waals surface area contributed by atoms with Crippen molar-refractivity contribution in [2.75, 3.05) is 12.8 Å². The minimum absolute atomic E-state index is 0.288. The van der Waals surface area contributed by atoms with Crippen molar-refractivity contribution in [2.24, 2.45) is 7.05 Å². The molecule has 108 valence electrons. The van der Waals surface area contributed by atoms with Crippen LogP contribution in [0.2, 0.25) is 0 Å². The molecule has 0 amide bonds. The summed E-state index contributed by atoms with van der Waals surface area (Å²) in [6.45, 7) is 0. The van der Waals surface area contributed by atoms with E-state index in [1.165, 1.54) is 16.3 Å². The first-order valence-corrected chi connectivity index (χ1v) is 7.89. The van der Waals surface area contributed by atoms with Gasteiger partial charge < -0.3 is 5.32 Å². The summed E-state index contributed by atoms with van der Waals surface area (Å²) in [6.07, 6.45) is 1.59. The second kappa shape index (κ2) is 6.28. The van der Waals surface area contributed by atoms with Gasteiger partial charge in [-0.3, -0.25) is 0 Å². The number of hydrogen-bond acceptors (Lipinski definition) is 4. The Morgan fingerprint density at radius 2 is 2.00 bits per heavy atom. The number of nitrogens with one attached hydrogen (secondary N) is 1. The van der Waals surface area contributed by atoms with E-state index >= 15 is 0 Å². The van der Waals surface area contributed by atoms with Crippen molar-refractivity contribution in [3.8, 4) is 0 Å². The number of benzene rings is 2. The van der Waals surface area contributed by atoms with Crippen LogP contribution in [0, 0.1) is 0 Å². The maximum absolute atomic E-state index is 4.25. The zero-order chi connectivity index (χ0) is 14.7. The Bertz CT molecular complexity index is 738. The summed E-state index contributed by atoms with van der Waals surface area (Å²) in [7, 11) is 3.91. The van der Waals surface area contributed by atoms with E-state index in [2.05, 4.69) is 57.9 Å². The van der Waals surface area contributed by atoms with Gasteiger partial charge in [0, 0.05) is 18.8 Å². The molecule has 4 nitrogen and oxygen atoms in total. The number of aryl methyl sites for hydroxylation is 1. The van der Waals surface area contributed by atoms with Crippen LogP contribution >= 0.6 is 11.8 Å². The van der Waals surface area contributed by atoms with E-state index in [0.717, 1.165) is 10.9 Å². The molecular weight excluding hydrogens is 280 g/mol. The predicted molar refractivity (Wildman–Crippen MR) is 87.5 cm³/mol. The van der Waals surface area contributed by atoms with Gasteiger partial charge in [-0.1, -0.05) is 48.2 Å². The molecule has 0 radical (unpaired) electrons. The van der Waals surface area contributed by atoms with Crippen LogP contribution in [0.5, 0.6) is 0 Å². The monoisotopic (exact) mass is 298 g/mol. The van der Waals surface area contributed by atoms with Crippen LogP contribution in [-0.4, -0.2) is 27.6 Å². The second-order valence-electron chi connectivity index (χ2n) is 4.93. The molecule has 21 heavy (non-hydrogen) atoms. The maximum Gasteiger partial charge on any atom is 0.185 e. The molecule has 0 aliphatic heterocycles. The zero-order valence-corrected chi connectivity index (χ0v) is 13.0. The molecule has 1 atom stereocenters. The summed E-state index contributed by atoms with van der Waals surface area (Å²) in [5.41, 5.74) is 1.30. The van der Waals surface area contributed by atoms with Crippen LogP contribution in [0.15, 0.2) is 53.9 Å². The Balaban J connectivity index is 1.79. The summed E-state index contributed by atoms with van der Waals surface area (Å²) >= 11 is 1.71. The van der Waals surface area contributed by atoms with Crippen LogP contribution < -0.4 is 5.32 Å². The van der Waals surface area contributed by atoms with Crippen molar-refractivity contribution in [3.63, 3.8) is 0 Å². The first kappa shape index (κ1) is 14.1. The fourth-order valence-corrected chi connectivity index (χ4v) is 3.38. The average Bonchev–Trinajstić information content (AvgIpc) is 2.93. The van der Waals surface area contributed by atoms with Gasteiger partial charge in [-0.05, 0) is 29.4 Å². The summed E-state index contributed by atoms with van der Waals surface area (Å²) in [4.78, 5) is 4.25. The molecule has 1 unspecified atom stereocenters. The van der Waals surface area contributed by atoms with Gasteiger partial charge in [0.25, 0.3) is 0 Å². The average molecular weight is 298 g/mol. The number of aromatic nitrogens is 3. The van der Waals surface area contributed by atoms with E-state index in [0.29, 0.717) is 0 Å². The Kier molecular flexibility index (Phi) is 4.22. The molecule has 1 aromatic heterocycles. The van der Waals surface area contributed by atoms with E-state index in [1.54, 1.807) is 22.8 Å². The summed E-state index contributed by atoms with van der Waals surface area (Å²) in [5.74, 6) is 0.918. The Labute approximate surface area is 128 Å². The lowest BCUT2D eigenvalue weighted by Crippen LogP contribution is -2.19. The first-order chi connectivity index (χ1) is 10.3.